The number of rotatable bonds is 5. The summed E-state index contributed by atoms with van der Waals surface area (Å²) in [6, 6.07) is 9.55. The summed E-state index contributed by atoms with van der Waals surface area (Å²) in [5.41, 5.74) is 0.578. The number of nitrogens with zero attached hydrogens (tertiary/aromatic N) is 1. The van der Waals surface area contributed by atoms with Gasteiger partial charge in [-0.1, -0.05) is 12.1 Å². The number of alkyl halides is 3. The molecule has 0 saturated heterocycles. The zero-order chi connectivity index (χ0) is 19.6. The maximum Gasteiger partial charge on any atom is 0.416 e. The van der Waals surface area contributed by atoms with Crippen molar-refractivity contribution in [3.05, 3.63) is 53.6 Å². The molecule has 1 aliphatic rings. The van der Waals surface area contributed by atoms with Gasteiger partial charge in [0.25, 0.3) is 0 Å². The number of benzene rings is 2. The van der Waals surface area contributed by atoms with E-state index in [4.69, 9.17) is 9.47 Å². The third kappa shape index (κ3) is 4.51. The molecule has 0 bridgehead atoms. The monoisotopic (exact) mass is 380 g/mol. The molecule has 1 unspecified atom stereocenters. The molecule has 1 amide bonds. The van der Waals surface area contributed by atoms with Crippen LogP contribution in [0.15, 0.2) is 42.5 Å². The molecule has 0 radical (unpaired) electrons. The van der Waals surface area contributed by atoms with Crippen molar-refractivity contribution in [1.82, 2.24) is 4.90 Å². The molecule has 1 heterocycles. The molecule has 2 aromatic carbocycles. The summed E-state index contributed by atoms with van der Waals surface area (Å²) in [6.07, 6.45) is -4.36. The predicted octanol–water partition coefficient (Wildman–Crippen LogP) is 3.89. The first-order valence-corrected chi connectivity index (χ1v) is 8.31. The van der Waals surface area contributed by atoms with Crippen molar-refractivity contribution in [2.75, 3.05) is 19.2 Å². The topological polar surface area (TPSA) is 50.8 Å². The van der Waals surface area contributed by atoms with Gasteiger partial charge >= 0.3 is 6.18 Å². The van der Waals surface area contributed by atoms with Gasteiger partial charge in [-0.05, 0) is 43.8 Å². The van der Waals surface area contributed by atoms with E-state index in [0.29, 0.717) is 29.3 Å². The molecule has 0 aliphatic carbocycles. The number of nitrogens with one attached hydrogen (secondary N) is 1. The van der Waals surface area contributed by atoms with Gasteiger partial charge < -0.3 is 14.8 Å². The van der Waals surface area contributed by atoms with E-state index in [-0.39, 0.29) is 12.7 Å². The number of anilines is 1. The van der Waals surface area contributed by atoms with Crippen LogP contribution in [0.5, 0.6) is 11.5 Å². The van der Waals surface area contributed by atoms with Crippen LogP contribution in [-0.4, -0.2) is 30.7 Å². The van der Waals surface area contributed by atoms with Crippen molar-refractivity contribution < 1.29 is 27.4 Å². The van der Waals surface area contributed by atoms with E-state index in [2.05, 4.69) is 5.32 Å². The standard InChI is InChI=1S/C19H19F3N2O3/c1-12(18(25)23-15-7-8-16-17(9-15)27-11-26-16)24(2)10-13-3-5-14(6-4-13)19(20,21)22/h3-9,12H,10-11H2,1-2H3,(H,23,25). The molecular weight excluding hydrogens is 361 g/mol. The summed E-state index contributed by atoms with van der Waals surface area (Å²) in [5, 5.41) is 2.80. The van der Waals surface area contributed by atoms with Crippen LogP contribution < -0.4 is 14.8 Å². The highest BCUT2D eigenvalue weighted by atomic mass is 19.4. The molecule has 1 aliphatic heterocycles. The van der Waals surface area contributed by atoms with E-state index in [1.54, 1.807) is 37.1 Å². The average Bonchev–Trinajstić information content (AvgIpc) is 3.08. The number of amides is 1. The molecule has 0 spiro atoms. The van der Waals surface area contributed by atoms with Gasteiger partial charge in [-0.15, -0.1) is 0 Å². The van der Waals surface area contributed by atoms with Crippen molar-refractivity contribution in [2.24, 2.45) is 0 Å². The van der Waals surface area contributed by atoms with Gasteiger partial charge in [0, 0.05) is 18.3 Å². The van der Waals surface area contributed by atoms with E-state index < -0.39 is 17.8 Å². The zero-order valence-corrected chi connectivity index (χ0v) is 14.8. The Balaban J connectivity index is 1.59. The van der Waals surface area contributed by atoms with Crippen LogP contribution >= 0.6 is 0 Å². The lowest BCUT2D eigenvalue weighted by Gasteiger charge is -2.24. The van der Waals surface area contributed by atoms with Crippen LogP contribution in [0, 0.1) is 0 Å². The molecule has 1 N–H and O–H groups in total. The van der Waals surface area contributed by atoms with Crippen LogP contribution in [0.2, 0.25) is 0 Å². The van der Waals surface area contributed by atoms with Gasteiger partial charge in [0.1, 0.15) is 0 Å². The highest BCUT2D eigenvalue weighted by Gasteiger charge is 2.30. The second-order valence-electron chi connectivity index (χ2n) is 6.34. The average molecular weight is 380 g/mol. The minimum absolute atomic E-state index is 0.152. The Kier molecular flexibility index (Phi) is 5.27. The number of fused-ring (bicyclic) bond motifs is 1. The van der Waals surface area contributed by atoms with Crippen LogP contribution in [0.3, 0.4) is 0 Å². The van der Waals surface area contributed by atoms with Crippen molar-refractivity contribution >= 4 is 11.6 Å². The summed E-state index contributed by atoms with van der Waals surface area (Å²) in [6.45, 7) is 2.22. The van der Waals surface area contributed by atoms with Gasteiger partial charge in [0.15, 0.2) is 11.5 Å². The zero-order valence-electron chi connectivity index (χ0n) is 14.8. The summed E-state index contributed by atoms with van der Waals surface area (Å²) < 4.78 is 48.4. The van der Waals surface area contributed by atoms with E-state index in [1.807, 2.05) is 0 Å². The molecule has 0 aromatic heterocycles. The van der Waals surface area contributed by atoms with Crippen molar-refractivity contribution in [3.63, 3.8) is 0 Å². The van der Waals surface area contributed by atoms with E-state index in [9.17, 15) is 18.0 Å². The molecule has 144 valence electrons. The third-order valence-electron chi connectivity index (χ3n) is 4.39. The van der Waals surface area contributed by atoms with Gasteiger partial charge in [0.2, 0.25) is 12.7 Å². The lowest BCUT2D eigenvalue weighted by Crippen LogP contribution is -2.39. The van der Waals surface area contributed by atoms with Crippen LogP contribution in [0.1, 0.15) is 18.1 Å². The number of hydrogen-bond acceptors (Lipinski definition) is 4. The Morgan fingerprint density at radius 2 is 1.81 bits per heavy atom. The van der Waals surface area contributed by atoms with Crippen molar-refractivity contribution in [1.29, 1.82) is 0 Å². The molecule has 2 aromatic rings. The normalized spacial score (nSPS) is 14.3. The Morgan fingerprint density at radius 3 is 2.48 bits per heavy atom. The highest BCUT2D eigenvalue weighted by molar-refractivity contribution is 5.94. The fourth-order valence-electron chi connectivity index (χ4n) is 2.65. The van der Waals surface area contributed by atoms with Crippen LogP contribution in [0.4, 0.5) is 18.9 Å². The molecule has 5 nitrogen and oxygen atoms in total. The molecule has 0 fully saturated rings. The number of hydrogen-bond donors (Lipinski definition) is 1. The number of carbonyl (C=O) groups excluding carboxylic acids is 1. The Morgan fingerprint density at radius 1 is 1.15 bits per heavy atom. The Bertz CT molecular complexity index is 822. The SMILES string of the molecule is CC(C(=O)Nc1ccc2c(c1)OCO2)N(C)Cc1ccc(C(F)(F)F)cc1. The predicted molar refractivity (Wildman–Crippen MR) is 93.6 cm³/mol. The maximum absolute atomic E-state index is 12.6. The number of carbonyl (C=O) groups is 1. The molecule has 1 atom stereocenters. The Labute approximate surface area is 154 Å². The molecular formula is C19H19F3N2O3. The van der Waals surface area contributed by atoms with E-state index in [1.165, 1.54) is 12.1 Å². The number of halogens is 3. The largest absolute Gasteiger partial charge is 0.454 e. The number of likely N-dealkylation sites (N-methyl/N-ethyl adjacent to an activating group) is 1. The fraction of sp³-hybridized carbons (Fsp3) is 0.316. The van der Waals surface area contributed by atoms with Crippen LogP contribution in [0.25, 0.3) is 0 Å². The van der Waals surface area contributed by atoms with Crippen LogP contribution in [-0.2, 0) is 17.5 Å². The summed E-state index contributed by atoms with van der Waals surface area (Å²) in [4.78, 5) is 14.2. The van der Waals surface area contributed by atoms with E-state index in [0.717, 1.165) is 12.1 Å². The Hall–Kier alpha value is -2.74. The number of ether oxygens (including phenoxy) is 2. The first-order valence-electron chi connectivity index (χ1n) is 8.31. The van der Waals surface area contributed by atoms with Gasteiger partial charge in [-0.25, -0.2) is 0 Å². The fourth-order valence-corrected chi connectivity index (χ4v) is 2.65. The van der Waals surface area contributed by atoms with Crippen molar-refractivity contribution in [2.45, 2.75) is 25.7 Å². The summed E-state index contributed by atoms with van der Waals surface area (Å²) in [7, 11) is 1.74. The smallest absolute Gasteiger partial charge is 0.416 e. The molecule has 0 saturated carbocycles. The first-order chi connectivity index (χ1) is 12.7. The van der Waals surface area contributed by atoms with Crippen molar-refractivity contribution in [3.8, 4) is 11.5 Å². The minimum atomic E-state index is -4.36. The summed E-state index contributed by atoms with van der Waals surface area (Å²) in [5.74, 6) is 0.960. The molecule has 3 rings (SSSR count). The minimum Gasteiger partial charge on any atom is -0.454 e. The van der Waals surface area contributed by atoms with E-state index >= 15 is 0 Å². The lowest BCUT2D eigenvalue weighted by molar-refractivity contribution is -0.137. The molecule has 8 heteroatoms. The lowest BCUT2D eigenvalue weighted by atomic mass is 10.1. The quantitative estimate of drug-likeness (QED) is 0.855. The van der Waals surface area contributed by atoms with Gasteiger partial charge in [-0.2, -0.15) is 13.2 Å². The molecule has 27 heavy (non-hydrogen) atoms. The highest BCUT2D eigenvalue weighted by Crippen LogP contribution is 2.34. The second-order valence-corrected chi connectivity index (χ2v) is 6.34. The third-order valence-corrected chi connectivity index (χ3v) is 4.39. The maximum atomic E-state index is 12.6. The van der Waals surface area contributed by atoms with Gasteiger partial charge in [0.05, 0.1) is 11.6 Å². The second kappa shape index (κ2) is 7.48. The first kappa shape index (κ1) is 19.0. The van der Waals surface area contributed by atoms with Gasteiger partial charge in [-0.3, -0.25) is 9.69 Å². The summed E-state index contributed by atoms with van der Waals surface area (Å²) >= 11 is 0.